The highest BCUT2D eigenvalue weighted by Crippen LogP contribution is 2.36. The Labute approximate surface area is 203 Å². The first-order chi connectivity index (χ1) is 16.7. The van der Waals surface area contributed by atoms with Crippen LogP contribution in [0, 0.1) is 5.92 Å². The van der Waals surface area contributed by atoms with Crippen molar-refractivity contribution in [3.63, 3.8) is 0 Å². The number of quaternary nitrogens is 1. The number of para-hydroxylation sites is 1. The van der Waals surface area contributed by atoms with E-state index in [2.05, 4.69) is 35.6 Å². The zero-order valence-electron chi connectivity index (χ0n) is 19.8. The van der Waals surface area contributed by atoms with Gasteiger partial charge in [-0.15, -0.1) is 0 Å². The number of fused-ring (bicyclic) bond motifs is 3. The summed E-state index contributed by atoms with van der Waals surface area (Å²) in [4.78, 5) is 13.5. The average Bonchev–Trinajstić information content (AvgIpc) is 2.90. The summed E-state index contributed by atoms with van der Waals surface area (Å²) in [6.45, 7) is 5.03. The number of nitrogens with zero attached hydrogens (tertiary/aromatic N) is 1. The Kier molecular flexibility index (Phi) is 6.96. The Morgan fingerprint density at radius 2 is 1.50 bits per heavy atom. The number of hydrogen-bond acceptors (Lipinski definition) is 3. The smallest absolute Gasteiger partial charge is 0.315 e. The standard InChI is InChI=1S/C30H35N2O2/c33-30(28(25-12-6-2-7-13-25)22-31-27-14-8-3-9-15-27)34-29-23-32(20-17-26(29)18-21-32)19-16-24-10-4-1-5-11-24/h1-15,26,28-29,31H,16-23H2/q+1/t26?,28?,29-,32?/m0/s1. The van der Waals surface area contributed by atoms with Crippen molar-refractivity contribution >= 4 is 11.7 Å². The van der Waals surface area contributed by atoms with Crippen LogP contribution in [0.4, 0.5) is 5.69 Å². The van der Waals surface area contributed by atoms with Crippen LogP contribution in [0.2, 0.25) is 0 Å². The molecule has 3 aliphatic rings. The van der Waals surface area contributed by atoms with Gasteiger partial charge in [0.05, 0.1) is 25.6 Å². The molecule has 3 heterocycles. The van der Waals surface area contributed by atoms with Crippen LogP contribution < -0.4 is 5.32 Å². The molecule has 0 aromatic heterocycles. The number of piperidine rings is 3. The van der Waals surface area contributed by atoms with Crippen molar-refractivity contribution in [3.8, 4) is 0 Å². The lowest BCUT2D eigenvalue weighted by Gasteiger charge is -2.52. The van der Waals surface area contributed by atoms with E-state index >= 15 is 0 Å². The van der Waals surface area contributed by atoms with Crippen LogP contribution in [0.3, 0.4) is 0 Å². The zero-order valence-corrected chi connectivity index (χ0v) is 19.8. The van der Waals surface area contributed by atoms with Gasteiger partial charge in [-0.05, 0) is 23.3 Å². The fourth-order valence-corrected chi connectivity index (χ4v) is 5.71. The first-order valence-corrected chi connectivity index (χ1v) is 12.6. The van der Waals surface area contributed by atoms with Crippen molar-refractivity contribution in [2.45, 2.75) is 31.3 Å². The van der Waals surface area contributed by atoms with Crippen molar-refractivity contribution in [2.24, 2.45) is 5.92 Å². The lowest BCUT2D eigenvalue weighted by molar-refractivity contribution is -0.946. The first-order valence-electron chi connectivity index (χ1n) is 12.6. The summed E-state index contributed by atoms with van der Waals surface area (Å²) in [6, 6.07) is 30.9. The van der Waals surface area contributed by atoms with Crippen molar-refractivity contribution in [3.05, 3.63) is 102 Å². The van der Waals surface area contributed by atoms with Crippen LogP contribution in [-0.4, -0.2) is 49.3 Å². The van der Waals surface area contributed by atoms with Gasteiger partial charge in [0.15, 0.2) is 6.10 Å². The average molecular weight is 456 g/mol. The lowest BCUT2D eigenvalue weighted by atomic mass is 9.82. The van der Waals surface area contributed by atoms with E-state index in [1.165, 1.54) is 18.7 Å². The largest absolute Gasteiger partial charge is 0.456 e. The fourth-order valence-electron chi connectivity index (χ4n) is 5.71. The van der Waals surface area contributed by atoms with E-state index in [0.29, 0.717) is 12.5 Å². The Balaban J connectivity index is 1.26. The molecule has 0 radical (unpaired) electrons. The second-order valence-electron chi connectivity index (χ2n) is 9.95. The number of anilines is 1. The highest BCUT2D eigenvalue weighted by Gasteiger charge is 2.47. The van der Waals surface area contributed by atoms with Crippen molar-refractivity contribution in [1.82, 2.24) is 0 Å². The van der Waals surface area contributed by atoms with Gasteiger partial charge in [-0.1, -0.05) is 78.9 Å². The maximum Gasteiger partial charge on any atom is 0.315 e. The predicted molar refractivity (Wildman–Crippen MR) is 137 cm³/mol. The number of rotatable bonds is 9. The van der Waals surface area contributed by atoms with Gasteiger partial charge in [-0.3, -0.25) is 4.79 Å². The molecule has 4 nitrogen and oxygen atoms in total. The van der Waals surface area contributed by atoms with Crippen LogP contribution in [0.5, 0.6) is 0 Å². The predicted octanol–water partition coefficient (Wildman–Crippen LogP) is 5.28. The number of ether oxygens (including phenoxy) is 1. The summed E-state index contributed by atoms with van der Waals surface area (Å²) < 4.78 is 7.40. The van der Waals surface area contributed by atoms with Gasteiger partial charge in [0.25, 0.3) is 0 Å². The highest BCUT2D eigenvalue weighted by atomic mass is 16.5. The number of esters is 1. The molecule has 1 unspecified atom stereocenters. The van der Waals surface area contributed by atoms with Gasteiger partial charge in [-0.25, -0.2) is 0 Å². The van der Waals surface area contributed by atoms with Gasteiger partial charge < -0.3 is 14.5 Å². The zero-order chi connectivity index (χ0) is 23.2. The Bertz CT molecular complexity index is 1050. The van der Waals surface area contributed by atoms with Gasteiger partial charge in [0, 0.05) is 37.4 Å². The van der Waals surface area contributed by atoms with E-state index in [1.54, 1.807) is 0 Å². The molecule has 6 rings (SSSR count). The molecule has 0 amide bonds. The Morgan fingerprint density at radius 1 is 0.882 bits per heavy atom. The molecule has 176 valence electrons. The second kappa shape index (κ2) is 10.4. The molecule has 2 atom stereocenters. The molecule has 3 fully saturated rings. The Hall–Kier alpha value is -3.11. The van der Waals surface area contributed by atoms with Gasteiger partial charge in [-0.2, -0.15) is 0 Å². The maximum atomic E-state index is 13.5. The topological polar surface area (TPSA) is 38.3 Å². The van der Waals surface area contributed by atoms with Crippen LogP contribution in [0.1, 0.15) is 29.9 Å². The van der Waals surface area contributed by atoms with E-state index in [4.69, 9.17) is 4.74 Å². The monoisotopic (exact) mass is 455 g/mol. The van der Waals surface area contributed by atoms with Gasteiger partial charge >= 0.3 is 5.97 Å². The second-order valence-corrected chi connectivity index (χ2v) is 9.95. The number of hydrogen-bond donors (Lipinski definition) is 1. The molecule has 3 aromatic carbocycles. The summed E-state index contributed by atoms with van der Waals surface area (Å²) in [5.41, 5.74) is 3.42. The normalized spacial score (nSPS) is 24.4. The number of nitrogens with one attached hydrogen (secondary N) is 1. The molecule has 3 saturated heterocycles. The third-order valence-corrected chi connectivity index (χ3v) is 7.80. The molecule has 0 spiro atoms. The third-order valence-electron chi connectivity index (χ3n) is 7.80. The molecular weight excluding hydrogens is 420 g/mol. The first kappa shape index (κ1) is 22.7. The summed E-state index contributed by atoms with van der Waals surface area (Å²) in [7, 11) is 0. The van der Waals surface area contributed by atoms with Crippen molar-refractivity contribution in [1.29, 1.82) is 0 Å². The molecule has 34 heavy (non-hydrogen) atoms. The minimum Gasteiger partial charge on any atom is -0.456 e. The van der Waals surface area contributed by atoms with E-state index in [1.807, 2.05) is 60.7 Å². The summed E-state index contributed by atoms with van der Waals surface area (Å²) >= 11 is 0. The highest BCUT2D eigenvalue weighted by molar-refractivity contribution is 5.79. The van der Waals surface area contributed by atoms with E-state index in [0.717, 1.165) is 48.1 Å². The molecule has 1 N–H and O–H groups in total. The molecule has 0 aliphatic carbocycles. The number of carbonyl (C=O) groups is 1. The molecular formula is C30H35N2O2+. The summed E-state index contributed by atoms with van der Waals surface area (Å²) in [5, 5.41) is 3.44. The summed E-state index contributed by atoms with van der Waals surface area (Å²) in [6.07, 6.45) is 3.42. The van der Waals surface area contributed by atoms with Crippen molar-refractivity contribution in [2.75, 3.05) is 38.0 Å². The van der Waals surface area contributed by atoms with Crippen LogP contribution >= 0.6 is 0 Å². The quantitative estimate of drug-likeness (QED) is 0.353. The van der Waals surface area contributed by atoms with Crippen molar-refractivity contribution < 1.29 is 14.0 Å². The van der Waals surface area contributed by atoms with E-state index in [-0.39, 0.29) is 18.0 Å². The maximum absolute atomic E-state index is 13.5. The minimum absolute atomic E-state index is 0.0220. The summed E-state index contributed by atoms with van der Waals surface area (Å²) in [5.74, 6) is 0.0726. The SMILES string of the molecule is O=C(O[C@H]1C[N+]2(CCc3ccccc3)CCC1CC2)C(CNc1ccccc1)c1ccccc1. The van der Waals surface area contributed by atoms with E-state index in [9.17, 15) is 4.79 Å². The van der Waals surface area contributed by atoms with E-state index < -0.39 is 0 Å². The molecule has 2 bridgehead atoms. The minimum atomic E-state index is -0.324. The number of benzene rings is 3. The lowest BCUT2D eigenvalue weighted by Crippen LogP contribution is -2.65. The van der Waals surface area contributed by atoms with Crippen LogP contribution in [0.25, 0.3) is 0 Å². The third kappa shape index (κ3) is 5.34. The van der Waals surface area contributed by atoms with Crippen LogP contribution in [0.15, 0.2) is 91.0 Å². The Morgan fingerprint density at radius 3 is 2.18 bits per heavy atom. The molecule has 3 aliphatic heterocycles. The van der Waals surface area contributed by atoms with Gasteiger partial charge in [0.1, 0.15) is 6.54 Å². The van der Waals surface area contributed by atoms with Gasteiger partial charge in [0.2, 0.25) is 0 Å². The fraction of sp³-hybridized carbons (Fsp3) is 0.367. The molecule has 3 aromatic rings. The molecule has 4 heteroatoms. The molecule has 0 saturated carbocycles. The number of carbonyl (C=O) groups excluding carboxylic acids is 1. The van der Waals surface area contributed by atoms with Crippen LogP contribution in [-0.2, 0) is 16.0 Å².